The second-order valence-electron chi connectivity index (χ2n) is 4.49. The lowest BCUT2D eigenvalue weighted by Crippen LogP contribution is -2.14. The summed E-state index contributed by atoms with van der Waals surface area (Å²) < 4.78 is 19.1. The van der Waals surface area contributed by atoms with Gasteiger partial charge in [-0.1, -0.05) is 17.7 Å². The van der Waals surface area contributed by atoms with Crippen LogP contribution in [-0.4, -0.2) is 7.11 Å². The monoisotopic (exact) mass is 357 g/mol. The fraction of sp³-hybridized carbons (Fsp3) is 0.200. The summed E-state index contributed by atoms with van der Waals surface area (Å²) in [5.74, 6) is 0.0400. The molecule has 0 bridgehead atoms. The summed E-state index contributed by atoms with van der Waals surface area (Å²) in [4.78, 5) is 0. The zero-order valence-corrected chi connectivity index (χ0v) is 13.4. The molecule has 1 unspecified atom stereocenters. The fourth-order valence-corrected chi connectivity index (χ4v) is 2.71. The molecule has 0 aliphatic heterocycles. The highest BCUT2D eigenvalue weighted by Gasteiger charge is 2.18. The Kier molecular flexibility index (Phi) is 4.68. The van der Waals surface area contributed by atoms with Gasteiger partial charge in [-0.3, -0.25) is 0 Å². The summed E-state index contributed by atoms with van der Waals surface area (Å²) in [6, 6.07) is 8.06. The summed E-state index contributed by atoms with van der Waals surface area (Å²) in [6.07, 6.45) is 0. The molecule has 0 radical (unpaired) electrons. The second-order valence-corrected chi connectivity index (χ2v) is 5.78. The van der Waals surface area contributed by atoms with Crippen molar-refractivity contribution in [3.8, 4) is 5.75 Å². The van der Waals surface area contributed by atoms with Crippen molar-refractivity contribution >= 4 is 27.5 Å². The second kappa shape index (κ2) is 6.12. The Morgan fingerprint density at radius 1 is 1.25 bits per heavy atom. The maximum Gasteiger partial charge on any atom is 0.141 e. The van der Waals surface area contributed by atoms with Crippen molar-refractivity contribution in [3.63, 3.8) is 0 Å². The van der Waals surface area contributed by atoms with E-state index in [4.69, 9.17) is 22.1 Å². The molecule has 0 aliphatic rings. The molecule has 5 heteroatoms. The Morgan fingerprint density at radius 3 is 2.55 bits per heavy atom. The standard InChI is InChI=1S/C15H14BrClFNO/c1-8-5-9(17)3-4-10(8)15(19)11-6-12(16)13(18)7-14(11)20-2/h3-7,15H,19H2,1-2H3. The first-order chi connectivity index (χ1) is 9.43. The minimum absolute atomic E-state index is 0.357. The molecule has 0 heterocycles. The minimum atomic E-state index is -0.417. The highest BCUT2D eigenvalue weighted by atomic mass is 79.9. The third kappa shape index (κ3) is 2.97. The van der Waals surface area contributed by atoms with Crippen LogP contribution in [0.1, 0.15) is 22.7 Å². The maximum absolute atomic E-state index is 13.6. The van der Waals surface area contributed by atoms with E-state index < -0.39 is 6.04 Å². The number of nitrogens with two attached hydrogens (primary N) is 1. The van der Waals surface area contributed by atoms with Crippen LogP contribution in [0, 0.1) is 12.7 Å². The van der Waals surface area contributed by atoms with Gasteiger partial charge in [0.2, 0.25) is 0 Å². The van der Waals surface area contributed by atoms with E-state index in [0.29, 0.717) is 20.8 Å². The van der Waals surface area contributed by atoms with Crippen molar-refractivity contribution in [2.24, 2.45) is 5.73 Å². The fourth-order valence-electron chi connectivity index (χ4n) is 2.12. The normalized spacial score (nSPS) is 12.3. The number of benzene rings is 2. The predicted molar refractivity (Wildman–Crippen MR) is 82.9 cm³/mol. The number of halogens is 3. The maximum atomic E-state index is 13.6. The molecular weight excluding hydrogens is 345 g/mol. The van der Waals surface area contributed by atoms with Crippen molar-refractivity contribution in [3.05, 3.63) is 62.3 Å². The summed E-state index contributed by atoms with van der Waals surface area (Å²) in [5, 5.41) is 0.658. The first kappa shape index (κ1) is 15.3. The van der Waals surface area contributed by atoms with E-state index in [-0.39, 0.29) is 5.82 Å². The number of aryl methyl sites for hydroxylation is 1. The molecule has 2 rings (SSSR count). The zero-order valence-electron chi connectivity index (χ0n) is 11.1. The molecule has 0 fully saturated rings. The van der Waals surface area contributed by atoms with Gasteiger partial charge in [0, 0.05) is 16.7 Å². The van der Waals surface area contributed by atoms with Gasteiger partial charge in [0.15, 0.2) is 0 Å². The van der Waals surface area contributed by atoms with Crippen LogP contribution in [0.2, 0.25) is 5.02 Å². The molecule has 0 aliphatic carbocycles. The van der Waals surface area contributed by atoms with Crippen molar-refractivity contribution in [2.45, 2.75) is 13.0 Å². The lowest BCUT2D eigenvalue weighted by molar-refractivity contribution is 0.404. The van der Waals surface area contributed by atoms with Crippen LogP contribution in [0.15, 0.2) is 34.8 Å². The van der Waals surface area contributed by atoms with E-state index in [0.717, 1.165) is 11.1 Å². The highest BCUT2D eigenvalue weighted by Crippen LogP contribution is 2.34. The van der Waals surface area contributed by atoms with Crippen molar-refractivity contribution < 1.29 is 9.13 Å². The molecule has 0 saturated carbocycles. The number of methoxy groups -OCH3 is 1. The molecule has 2 aromatic carbocycles. The summed E-state index contributed by atoms with van der Waals surface area (Å²) in [7, 11) is 1.49. The molecule has 106 valence electrons. The lowest BCUT2D eigenvalue weighted by atomic mass is 9.95. The molecule has 1 atom stereocenters. The average molecular weight is 359 g/mol. The van der Waals surface area contributed by atoms with E-state index >= 15 is 0 Å². The number of ether oxygens (including phenoxy) is 1. The van der Waals surface area contributed by atoms with E-state index in [1.807, 2.05) is 19.1 Å². The van der Waals surface area contributed by atoms with Crippen LogP contribution in [0.5, 0.6) is 5.75 Å². The van der Waals surface area contributed by atoms with E-state index in [1.165, 1.54) is 13.2 Å². The van der Waals surface area contributed by atoms with Gasteiger partial charge in [0.05, 0.1) is 17.6 Å². The smallest absolute Gasteiger partial charge is 0.141 e. The van der Waals surface area contributed by atoms with Crippen LogP contribution in [-0.2, 0) is 0 Å². The zero-order chi connectivity index (χ0) is 14.9. The van der Waals surface area contributed by atoms with E-state index in [9.17, 15) is 4.39 Å². The highest BCUT2D eigenvalue weighted by molar-refractivity contribution is 9.10. The molecule has 20 heavy (non-hydrogen) atoms. The summed E-state index contributed by atoms with van der Waals surface area (Å²) in [5.41, 5.74) is 8.91. The molecule has 0 amide bonds. The lowest BCUT2D eigenvalue weighted by Gasteiger charge is -2.19. The molecule has 2 aromatic rings. The Balaban J connectivity index is 2.52. The van der Waals surface area contributed by atoms with Crippen molar-refractivity contribution in [1.82, 2.24) is 0 Å². The SMILES string of the molecule is COc1cc(F)c(Br)cc1C(N)c1ccc(Cl)cc1C. The molecular formula is C15H14BrClFNO. The van der Waals surface area contributed by atoms with Crippen molar-refractivity contribution in [2.75, 3.05) is 7.11 Å². The van der Waals surface area contributed by atoms with Crippen LogP contribution in [0.4, 0.5) is 4.39 Å². The van der Waals surface area contributed by atoms with Gasteiger partial charge in [-0.05, 0) is 52.2 Å². The minimum Gasteiger partial charge on any atom is -0.496 e. The largest absolute Gasteiger partial charge is 0.496 e. The molecule has 0 saturated heterocycles. The van der Waals surface area contributed by atoms with Gasteiger partial charge >= 0.3 is 0 Å². The predicted octanol–water partition coefficient (Wildman–Crippen LogP) is 4.61. The third-order valence-electron chi connectivity index (χ3n) is 3.17. The Morgan fingerprint density at radius 2 is 1.95 bits per heavy atom. The summed E-state index contributed by atoms with van der Waals surface area (Å²) in [6.45, 7) is 1.94. The first-order valence-electron chi connectivity index (χ1n) is 5.98. The summed E-state index contributed by atoms with van der Waals surface area (Å²) >= 11 is 9.12. The average Bonchev–Trinajstić information content (AvgIpc) is 2.40. The van der Waals surface area contributed by atoms with Crippen LogP contribution < -0.4 is 10.5 Å². The van der Waals surface area contributed by atoms with Crippen LogP contribution >= 0.6 is 27.5 Å². The number of hydrogen-bond acceptors (Lipinski definition) is 2. The Hall–Kier alpha value is -1.10. The Labute approximate surface area is 130 Å². The van der Waals surface area contributed by atoms with E-state index in [2.05, 4.69) is 15.9 Å². The number of hydrogen-bond donors (Lipinski definition) is 1. The van der Waals surface area contributed by atoms with Gasteiger partial charge in [0.1, 0.15) is 11.6 Å². The van der Waals surface area contributed by atoms with Gasteiger partial charge in [-0.25, -0.2) is 4.39 Å². The third-order valence-corrected chi connectivity index (χ3v) is 4.02. The first-order valence-corrected chi connectivity index (χ1v) is 7.15. The van der Waals surface area contributed by atoms with Crippen LogP contribution in [0.25, 0.3) is 0 Å². The van der Waals surface area contributed by atoms with E-state index in [1.54, 1.807) is 12.1 Å². The molecule has 2 N–H and O–H groups in total. The molecule has 0 aromatic heterocycles. The van der Waals surface area contributed by atoms with Crippen LogP contribution in [0.3, 0.4) is 0 Å². The molecule has 0 spiro atoms. The quantitative estimate of drug-likeness (QED) is 0.870. The topological polar surface area (TPSA) is 35.2 Å². The van der Waals surface area contributed by atoms with Gasteiger partial charge in [0.25, 0.3) is 0 Å². The number of rotatable bonds is 3. The van der Waals surface area contributed by atoms with Crippen molar-refractivity contribution in [1.29, 1.82) is 0 Å². The van der Waals surface area contributed by atoms with Gasteiger partial charge in [-0.2, -0.15) is 0 Å². The Bertz CT molecular complexity index is 648. The van der Waals surface area contributed by atoms with Gasteiger partial charge < -0.3 is 10.5 Å². The molecule has 2 nitrogen and oxygen atoms in total. The van der Waals surface area contributed by atoms with Gasteiger partial charge in [-0.15, -0.1) is 0 Å².